The van der Waals surface area contributed by atoms with Crippen LogP contribution in [0, 0.1) is 5.92 Å². The number of likely N-dealkylation sites (tertiary alicyclic amines) is 1. The predicted molar refractivity (Wildman–Crippen MR) is 82.2 cm³/mol. The van der Waals surface area contributed by atoms with Crippen LogP contribution >= 0.6 is 27.3 Å². The number of rotatable bonds is 3. The van der Waals surface area contributed by atoms with Crippen LogP contribution in [-0.4, -0.2) is 30.5 Å². The summed E-state index contributed by atoms with van der Waals surface area (Å²) < 4.78 is 1.18. The quantitative estimate of drug-likeness (QED) is 0.683. The number of guanidine groups is 1. The highest BCUT2D eigenvalue weighted by atomic mass is 79.9. The Balaban J connectivity index is 1.81. The van der Waals surface area contributed by atoms with Crippen LogP contribution in [0.4, 0.5) is 0 Å². The Morgan fingerprint density at radius 1 is 1.61 bits per heavy atom. The molecule has 1 aliphatic heterocycles. The number of halogens is 1. The maximum Gasteiger partial charge on any atom is 0.191 e. The summed E-state index contributed by atoms with van der Waals surface area (Å²) >= 11 is 5.24. The topological polar surface area (TPSA) is 41.6 Å². The lowest BCUT2D eigenvalue weighted by atomic mass is 10.0. The van der Waals surface area contributed by atoms with Crippen molar-refractivity contribution in [2.24, 2.45) is 16.6 Å². The summed E-state index contributed by atoms with van der Waals surface area (Å²) in [5.74, 6) is 1.46. The molecule has 1 aliphatic rings. The van der Waals surface area contributed by atoms with Gasteiger partial charge in [-0.25, -0.2) is 0 Å². The van der Waals surface area contributed by atoms with Gasteiger partial charge in [-0.3, -0.25) is 4.99 Å². The van der Waals surface area contributed by atoms with Gasteiger partial charge in [0.25, 0.3) is 0 Å². The van der Waals surface area contributed by atoms with E-state index in [1.165, 1.54) is 21.5 Å². The number of piperidine rings is 1. The molecular formula is C13H20BrN3S. The zero-order valence-corrected chi connectivity index (χ0v) is 13.1. The van der Waals surface area contributed by atoms with Crippen molar-refractivity contribution in [3.8, 4) is 0 Å². The Kier molecular flexibility index (Phi) is 5.06. The van der Waals surface area contributed by atoms with Gasteiger partial charge in [0.05, 0.1) is 3.79 Å². The maximum atomic E-state index is 6.05. The maximum absolute atomic E-state index is 6.05. The largest absolute Gasteiger partial charge is 0.370 e. The van der Waals surface area contributed by atoms with E-state index in [-0.39, 0.29) is 0 Å². The van der Waals surface area contributed by atoms with Gasteiger partial charge < -0.3 is 10.6 Å². The van der Waals surface area contributed by atoms with Crippen LogP contribution in [0.15, 0.2) is 20.9 Å². The van der Waals surface area contributed by atoms with Crippen LogP contribution in [0.25, 0.3) is 0 Å². The number of thiophene rings is 1. The van der Waals surface area contributed by atoms with Crippen molar-refractivity contribution in [1.29, 1.82) is 0 Å². The normalized spacial score (nSPS) is 21.3. The lowest BCUT2D eigenvalue weighted by Crippen LogP contribution is -2.43. The summed E-state index contributed by atoms with van der Waals surface area (Å²) in [5, 5.41) is 0. The summed E-state index contributed by atoms with van der Waals surface area (Å²) in [5.41, 5.74) is 6.05. The van der Waals surface area contributed by atoms with E-state index in [0.717, 1.165) is 37.9 Å². The standard InChI is InChI=1S/C13H20BrN3S/c1-10-3-2-8-17(9-10)13(15)16-7-6-11-4-5-12(14)18-11/h4-5,10H,2-3,6-9H2,1H3,(H2,15,16). The molecule has 0 aromatic carbocycles. The third kappa shape index (κ3) is 3.99. The SMILES string of the molecule is CC1CCCN(C(N)=NCCc2ccc(Br)s2)C1. The van der Waals surface area contributed by atoms with Crippen LogP contribution in [-0.2, 0) is 6.42 Å². The lowest BCUT2D eigenvalue weighted by molar-refractivity contribution is 0.270. The molecule has 2 rings (SSSR count). The van der Waals surface area contributed by atoms with E-state index in [0.29, 0.717) is 0 Å². The van der Waals surface area contributed by atoms with Gasteiger partial charge in [0.2, 0.25) is 0 Å². The molecule has 0 radical (unpaired) electrons. The van der Waals surface area contributed by atoms with E-state index in [2.05, 4.69) is 44.9 Å². The number of nitrogens with two attached hydrogens (primary N) is 1. The van der Waals surface area contributed by atoms with Crippen molar-refractivity contribution in [1.82, 2.24) is 4.90 Å². The Morgan fingerprint density at radius 2 is 2.44 bits per heavy atom. The zero-order chi connectivity index (χ0) is 13.0. The molecule has 5 heteroatoms. The lowest BCUT2D eigenvalue weighted by Gasteiger charge is -2.31. The van der Waals surface area contributed by atoms with Crippen LogP contribution in [0.2, 0.25) is 0 Å². The summed E-state index contributed by atoms with van der Waals surface area (Å²) in [6.45, 7) is 5.18. The second kappa shape index (κ2) is 6.57. The van der Waals surface area contributed by atoms with Gasteiger partial charge in [-0.1, -0.05) is 6.92 Å². The second-order valence-corrected chi connectivity index (χ2v) is 7.44. The van der Waals surface area contributed by atoms with Gasteiger partial charge >= 0.3 is 0 Å². The molecule has 1 saturated heterocycles. The van der Waals surface area contributed by atoms with Gasteiger partial charge in [-0.15, -0.1) is 11.3 Å². The highest BCUT2D eigenvalue weighted by Crippen LogP contribution is 2.22. The molecule has 0 amide bonds. The van der Waals surface area contributed by atoms with E-state index in [9.17, 15) is 0 Å². The fourth-order valence-corrected chi connectivity index (χ4v) is 3.74. The first-order valence-electron chi connectivity index (χ1n) is 6.44. The molecule has 0 bridgehead atoms. The van der Waals surface area contributed by atoms with Gasteiger partial charge in [0, 0.05) is 30.9 Å². The number of hydrogen-bond donors (Lipinski definition) is 1. The molecule has 1 aromatic rings. The third-order valence-corrected chi connectivity index (χ3v) is 4.93. The Hall–Kier alpha value is -0.550. The van der Waals surface area contributed by atoms with Gasteiger partial charge in [0.15, 0.2) is 5.96 Å². The number of nitrogens with zero attached hydrogens (tertiary/aromatic N) is 2. The summed E-state index contributed by atoms with van der Waals surface area (Å²) in [6.07, 6.45) is 3.52. The van der Waals surface area contributed by atoms with E-state index in [1.54, 1.807) is 11.3 Å². The van der Waals surface area contributed by atoms with E-state index < -0.39 is 0 Å². The Morgan fingerprint density at radius 3 is 3.11 bits per heavy atom. The molecule has 0 aliphatic carbocycles. The molecule has 2 N–H and O–H groups in total. The van der Waals surface area contributed by atoms with Crippen molar-refractivity contribution in [3.05, 3.63) is 20.8 Å². The first-order chi connectivity index (χ1) is 8.65. The Labute approximate surface area is 121 Å². The first kappa shape index (κ1) is 13.9. The molecule has 18 heavy (non-hydrogen) atoms. The number of aliphatic imine (C=N–C) groups is 1. The average Bonchev–Trinajstić information content (AvgIpc) is 2.75. The van der Waals surface area contributed by atoms with E-state index in [1.807, 2.05) is 0 Å². The third-order valence-electron chi connectivity index (χ3n) is 3.24. The van der Waals surface area contributed by atoms with Crippen molar-refractivity contribution in [3.63, 3.8) is 0 Å². The minimum Gasteiger partial charge on any atom is -0.370 e. The highest BCUT2D eigenvalue weighted by molar-refractivity contribution is 9.11. The average molecular weight is 330 g/mol. The monoisotopic (exact) mass is 329 g/mol. The Bertz CT molecular complexity index is 416. The van der Waals surface area contributed by atoms with Crippen molar-refractivity contribution < 1.29 is 0 Å². The smallest absolute Gasteiger partial charge is 0.191 e. The first-order valence-corrected chi connectivity index (χ1v) is 8.05. The van der Waals surface area contributed by atoms with Crippen molar-refractivity contribution in [2.45, 2.75) is 26.2 Å². The predicted octanol–water partition coefficient (Wildman–Crippen LogP) is 3.10. The fraction of sp³-hybridized carbons (Fsp3) is 0.615. The van der Waals surface area contributed by atoms with Crippen LogP contribution in [0.1, 0.15) is 24.6 Å². The minimum absolute atomic E-state index is 0.720. The van der Waals surface area contributed by atoms with Crippen LogP contribution in [0.3, 0.4) is 0 Å². The molecule has 0 spiro atoms. The molecule has 1 unspecified atom stereocenters. The number of hydrogen-bond acceptors (Lipinski definition) is 2. The summed E-state index contributed by atoms with van der Waals surface area (Å²) in [6, 6.07) is 4.23. The van der Waals surface area contributed by atoms with Crippen LogP contribution in [0.5, 0.6) is 0 Å². The molecule has 1 atom stereocenters. The minimum atomic E-state index is 0.720. The molecule has 0 saturated carbocycles. The molecule has 2 heterocycles. The van der Waals surface area contributed by atoms with Gasteiger partial charge in [-0.05, 0) is 46.8 Å². The molecule has 1 aromatic heterocycles. The van der Waals surface area contributed by atoms with Crippen LogP contribution < -0.4 is 5.73 Å². The van der Waals surface area contributed by atoms with E-state index >= 15 is 0 Å². The van der Waals surface area contributed by atoms with Gasteiger partial charge in [0.1, 0.15) is 0 Å². The van der Waals surface area contributed by atoms with Gasteiger partial charge in [-0.2, -0.15) is 0 Å². The second-order valence-electron chi connectivity index (χ2n) is 4.89. The molecule has 1 fully saturated rings. The molecular weight excluding hydrogens is 310 g/mol. The van der Waals surface area contributed by atoms with Crippen molar-refractivity contribution >= 4 is 33.2 Å². The zero-order valence-electron chi connectivity index (χ0n) is 10.7. The molecule has 100 valence electrons. The van der Waals surface area contributed by atoms with Crippen molar-refractivity contribution in [2.75, 3.05) is 19.6 Å². The summed E-state index contributed by atoms with van der Waals surface area (Å²) in [7, 11) is 0. The molecule has 3 nitrogen and oxygen atoms in total. The fourth-order valence-electron chi connectivity index (χ4n) is 2.26. The highest BCUT2D eigenvalue weighted by Gasteiger charge is 2.17. The van der Waals surface area contributed by atoms with E-state index in [4.69, 9.17) is 5.73 Å². The summed E-state index contributed by atoms with van der Waals surface area (Å²) in [4.78, 5) is 8.07.